The largest absolute Gasteiger partial charge is 0.392 e. The topological polar surface area (TPSA) is 57.6 Å². The number of benzene rings is 1. The monoisotopic (exact) mass is 345 g/mol. The molecule has 0 radical (unpaired) electrons. The van der Waals surface area contributed by atoms with Crippen molar-refractivity contribution in [1.29, 1.82) is 0 Å². The van der Waals surface area contributed by atoms with E-state index in [-0.39, 0.29) is 11.5 Å². The van der Waals surface area contributed by atoms with E-state index in [4.69, 9.17) is 0 Å². The SMILES string of the molecule is Cc1c(Br)cc(CO)cc1S(=O)(=O)N1CC=CCC1. The Kier molecular flexibility index (Phi) is 4.45. The molecule has 6 heteroatoms. The smallest absolute Gasteiger partial charge is 0.243 e. The summed E-state index contributed by atoms with van der Waals surface area (Å²) in [7, 11) is -3.51. The lowest BCUT2D eigenvalue weighted by Crippen LogP contribution is -2.34. The van der Waals surface area contributed by atoms with Gasteiger partial charge in [-0.15, -0.1) is 0 Å². The number of aliphatic hydroxyl groups is 1. The molecule has 0 saturated heterocycles. The Balaban J connectivity index is 2.50. The molecule has 1 aromatic rings. The van der Waals surface area contributed by atoms with Gasteiger partial charge in [0.2, 0.25) is 10.0 Å². The van der Waals surface area contributed by atoms with E-state index in [2.05, 4.69) is 15.9 Å². The zero-order valence-electron chi connectivity index (χ0n) is 10.6. The molecule has 1 aliphatic rings. The lowest BCUT2D eigenvalue weighted by atomic mass is 10.2. The maximum Gasteiger partial charge on any atom is 0.243 e. The molecule has 1 N–H and O–H groups in total. The number of halogens is 1. The molecule has 19 heavy (non-hydrogen) atoms. The maximum absolute atomic E-state index is 12.6. The Labute approximate surface area is 121 Å². The fourth-order valence-corrected chi connectivity index (χ4v) is 4.39. The first kappa shape index (κ1) is 14.7. The Morgan fingerprint density at radius 2 is 2.11 bits per heavy atom. The number of sulfonamides is 1. The number of nitrogens with zero attached hydrogens (tertiary/aromatic N) is 1. The molecule has 0 aliphatic carbocycles. The fraction of sp³-hybridized carbons (Fsp3) is 0.385. The maximum atomic E-state index is 12.6. The second-order valence-corrected chi connectivity index (χ2v) is 7.24. The van der Waals surface area contributed by atoms with Gasteiger partial charge in [-0.25, -0.2) is 8.42 Å². The summed E-state index contributed by atoms with van der Waals surface area (Å²) in [5.74, 6) is 0. The molecule has 1 aromatic carbocycles. The van der Waals surface area contributed by atoms with Crippen molar-refractivity contribution in [3.8, 4) is 0 Å². The van der Waals surface area contributed by atoms with Crippen molar-refractivity contribution in [2.45, 2.75) is 24.8 Å². The van der Waals surface area contributed by atoms with Gasteiger partial charge < -0.3 is 5.11 Å². The summed E-state index contributed by atoms with van der Waals surface area (Å²) in [4.78, 5) is 0.265. The van der Waals surface area contributed by atoms with Crippen molar-refractivity contribution >= 4 is 26.0 Å². The third-order valence-electron chi connectivity index (χ3n) is 3.18. The van der Waals surface area contributed by atoms with Crippen LogP contribution in [0.5, 0.6) is 0 Å². The van der Waals surface area contributed by atoms with Gasteiger partial charge in [0.05, 0.1) is 11.5 Å². The Hall–Kier alpha value is -0.690. The van der Waals surface area contributed by atoms with Crippen LogP contribution in [0.4, 0.5) is 0 Å². The van der Waals surface area contributed by atoms with Crippen LogP contribution in [0.15, 0.2) is 33.7 Å². The lowest BCUT2D eigenvalue weighted by Gasteiger charge is -2.24. The van der Waals surface area contributed by atoms with E-state index in [0.717, 1.165) is 6.42 Å². The molecule has 4 nitrogen and oxygen atoms in total. The average molecular weight is 346 g/mol. The van der Waals surface area contributed by atoms with Gasteiger partial charge in [0.25, 0.3) is 0 Å². The van der Waals surface area contributed by atoms with E-state index in [1.165, 1.54) is 4.31 Å². The molecular weight excluding hydrogens is 330 g/mol. The molecule has 0 bridgehead atoms. The van der Waals surface area contributed by atoms with Crippen molar-refractivity contribution in [3.05, 3.63) is 39.9 Å². The minimum absolute atomic E-state index is 0.179. The number of rotatable bonds is 3. The molecule has 1 heterocycles. The lowest BCUT2D eigenvalue weighted by molar-refractivity contribution is 0.281. The molecule has 2 rings (SSSR count). The van der Waals surface area contributed by atoms with Crippen LogP contribution in [0, 0.1) is 6.92 Å². The molecule has 0 saturated carbocycles. The van der Waals surface area contributed by atoms with Crippen molar-refractivity contribution in [1.82, 2.24) is 4.31 Å². The summed E-state index contributed by atoms with van der Waals surface area (Å²) in [5.41, 5.74) is 1.26. The Bertz CT molecular complexity index is 611. The van der Waals surface area contributed by atoms with E-state index in [1.54, 1.807) is 19.1 Å². The van der Waals surface area contributed by atoms with E-state index < -0.39 is 10.0 Å². The van der Waals surface area contributed by atoms with Crippen molar-refractivity contribution in [2.24, 2.45) is 0 Å². The molecule has 0 atom stereocenters. The molecule has 0 amide bonds. The first-order valence-electron chi connectivity index (χ1n) is 6.02. The molecule has 0 spiro atoms. The van der Waals surface area contributed by atoms with E-state index in [1.807, 2.05) is 12.2 Å². The van der Waals surface area contributed by atoms with Gasteiger partial charge in [-0.2, -0.15) is 4.31 Å². The first-order chi connectivity index (χ1) is 8.96. The van der Waals surface area contributed by atoms with Crippen molar-refractivity contribution in [3.63, 3.8) is 0 Å². The van der Waals surface area contributed by atoms with Gasteiger partial charge in [-0.1, -0.05) is 28.1 Å². The molecule has 0 fully saturated rings. The van der Waals surface area contributed by atoms with Crippen LogP contribution in [0.2, 0.25) is 0 Å². The van der Waals surface area contributed by atoms with Crippen molar-refractivity contribution < 1.29 is 13.5 Å². The van der Waals surface area contributed by atoms with Crippen LogP contribution in [0.1, 0.15) is 17.5 Å². The van der Waals surface area contributed by atoms with E-state index in [9.17, 15) is 13.5 Å². The number of hydrogen-bond donors (Lipinski definition) is 1. The standard InChI is InChI=1S/C13H16BrNO3S/c1-10-12(14)7-11(9-16)8-13(10)19(17,18)15-5-3-2-4-6-15/h2-3,7-8,16H,4-6,9H2,1H3. The quantitative estimate of drug-likeness (QED) is 0.854. The summed E-state index contributed by atoms with van der Waals surface area (Å²) in [5, 5.41) is 9.21. The highest BCUT2D eigenvalue weighted by Crippen LogP contribution is 2.28. The zero-order chi connectivity index (χ0) is 14.0. The van der Waals surface area contributed by atoms with Crippen LogP contribution < -0.4 is 0 Å². The van der Waals surface area contributed by atoms with E-state index >= 15 is 0 Å². The van der Waals surface area contributed by atoms with Gasteiger partial charge in [-0.3, -0.25) is 0 Å². The Morgan fingerprint density at radius 1 is 1.37 bits per heavy atom. The number of aliphatic hydroxyl groups excluding tert-OH is 1. The molecule has 1 aliphatic heterocycles. The van der Waals surface area contributed by atoms with Crippen LogP contribution >= 0.6 is 15.9 Å². The predicted molar refractivity (Wildman–Crippen MR) is 77.3 cm³/mol. The highest BCUT2D eigenvalue weighted by Gasteiger charge is 2.27. The summed E-state index contributed by atoms with van der Waals surface area (Å²) < 4.78 is 27.4. The van der Waals surface area contributed by atoms with E-state index in [0.29, 0.717) is 28.7 Å². The molecule has 104 valence electrons. The molecular formula is C13H16BrNO3S. The van der Waals surface area contributed by atoms with Crippen LogP contribution in [-0.4, -0.2) is 30.9 Å². The van der Waals surface area contributed by atoms with Gasteiger partial charge in [-0.05, 0) is 36.6 Å². The Morgan fingerprint density at radius 3 is 2.68 bits per heavy atom. The summed E-state index contributed by atoms with van der Waals surface area (Å²) in [6.45, 7) is 2.49. The third kappa shape index (κ3) is 2.91. The molecule has 0 aromatic heterocycles. The van der Waals surface area contributed by atoms with Gasteiger partial charge in [0.1, 0.15) is 0 Å². The van der Waals surface area contributed by atoms with Crippen molar-refractivity contribution in [2.75, 3.05) is 13.1 Å². The van der Waals surface area contributed by atoms with Crippen LogP contribution in [-0.2, 0) is 16.6 Å². The normalized spacial score (nSPS) is 16.8. The van der Waals surface area contributed by atoms with Gasteiger partial charge >= 0.3 is 0 Å². The summed E-state index contributed by atoms with van der Waals surface area (Å²) in [6, 6.07) is 3.29. The average Bonchev–Trinajstić information content (AvgIpc) is 2.42. The zero-order valence-corrected chi connectivity index (χ0v) is 13.0. The van der Waals surface area contributed by atoms with Gasteiger partial charge in [0.15, 0.2) is 0 Å². The third-order valence-corrected chi connectivity index (χ3v) is 5.99. The fourth-order valence-electron chi connectivity index (χ4n) is 2.04. The van der Waals surface area contributed by atoms with Crippen LogP contribution in [0.3, 0.4) is 0 Å². The highest BCUT2D eigenvalue weighted by molar-refractivity contribution is 9.10. The minimum atomic E-state index is -3.51. The molecule has 0 unspecified atom stereocenters. The predicted octanol–water partition coefficient (Wildman–Crippen LogP) is 2.20. The summed E-state index contributed by atoms with van der Waals surface area (Å²) >= 11 is 3.35. The highest BCUT2D eigenvalue weighted by atomic mass is 79.9. The summed E-state index contributed by atoms with van der Waals surface area (Å²) in [6.07, 6.45) is 4.58. The number of hydrogen-bond acceptors (Lipinski definition) is 3. The second kappa shape index (κ2) is 5.75. The van der Waals surface area contributed by atoms with Gasteiger partial charge in [0, 0.05) is 17.6 Å². The second-order valence-electron chi connectivity index (χ2n) is 4.48. The van der Waals surface area contributed by atoms with Crippen LogP contribution in [0.25, 0.3) is 0 Å². The minimum Gasteiger partial charge on any atom is -0.392 e. The first-order valence-corrected chi connectivity index (χ1v) is 8.25.